The fraction of sp³-hybridized carbons (Fsp3) is 0.636. The van der Waals surface area contributed by atoms with Crippen molar-refractivity contribution in [2.75, 3.05) is 25.1 Å². The summed E-state index contributed by atoms with van der Waals surface area (Å²) in [4.78, 5) is 7.95. The summed E-state index contributed by atoms with van der Waals surface area (Å²) < 4.78 is 6.18. The van der Waals surface area contributed by atoms with Gasteiger partial charge in [0.25, 0.3) is 0 Å². The van der Waals surface area contributed by atoms with Gasteiger partial charge in [-0.25, -0.2) is 9.97 Å². The molecule has 1 N–H and O–H groups in total. The molecule has 0 unspecified atom stereocenters. The Hall–Kier alpha value is -0.390. The van der Waals surface area contributed by atoms with E-state index in [1.807, 2.05) is 0 Å². The molecule has 6 heteroatoms. The molecular formula is C11H17BrClN3O. The number of anilines is 1. The Kier molecular flexibility index (Phi) is 6.77. The van der Waals surface area contributed by atoms with Gasteiger partial charge in [0.05, 0.1) is 4.47 Å². The van der Waals surface area contributed by atoms with E-state index in [1.54, 1.807) is 0 Å². The Balaban J connectivity index is 2.20. The largest absolute Gasteiger partial charge is 0.381 e. The van der Waals surface area contributed by atoms with Crippen LogP contribution in [0.2, 0.25) is 5.15 Å². The van der Waals surface area contributed by atoms with Crippen LogP contribution >= 0.6 is 27.5 Å². The summed E-state index contributed by atoms with van der Waals surface area (Å²) in [6.07, 6.45) is 2.37. The molecule has 1 aromatic heterocycles. The molecule has 0 amide bonds. The summed E-state index contributed by atoms with van der Waals surface area (Å²) in [5.74, 6) is 1.30. The first-order valence-electron chi connectivity index (χ1n) is 5.59. The predicted octanol–water partition coefficient (Wildman–Crippen LogP) is 3.37. The highest BCUT2D eigenvalue weighted by molar-refractivity contribution is 9.10. The fourth-order valence-electron chi connectivity index (χ4n) is 1.17. The van der Waals surface area contributed by atoms with Crippen LogP contribution in [0.5, 0.6) is 0 Å². The lowest BCUT2D eigenvalue weighted by atomic mass is 10.2. The van der Waals surface area contributed by atoms with Gasteiger partial charge in [-0.3, -0.25) is 0 Å². The average Bonchev–Trinajstić information content (AvgIpc) is 2.28. The fourth-order valence-corrected chi connectivity index (χ4v) is 1.65. The van der Waals surface area contributed by atoms with Crippen molar-refractivity contribution in [2.24, 2.45) is 5.92 Å². The van der Waals surface area contributed by atoms with Crippen LogP contribution in [-0.4, -0.2) is 29.7 Å². The Morgan fingerprint density at radius 3 is 2.94 bits per heavy atom. The van der Waals surface area contributed by atoms with E-state index in [0.717, 1.165) is 26.2 Å². The lowest BCUT2D eigenvalue weighted by molar-refractivity contribution is 0.110. The van der Waals surface area contributed by atoms with E-state index in [0.29, 0.717) is 21.4 Å². The molecular weight excluding hydrogens is 305 g/mol. The van der Waals surface area contributed by atoms with Gasteiger partial charge >= 0.3 is 0 Å². The zero-order valence-corrected chi connectivity index (χ0v) is 12.4. The zero-order chi connectivity index (χ0) is 12.7. The van der Waals surface area contributed by atoms with Gasteiger partial charge in [0.1, 0.15) is 17.3 Å². The number of halogens is 2. The first-order valence-corrected chi connectivity index (χ1v) is 6.76. The molecule has 0 atom stereocenters. The number of aromatic nitrogens is 2. The number of hydrogen-bond acceptors (Lipinski definition) is 4. The highest BCUT2D eigenvalue weighted by Crippen LogP contribution is 2.25. The van der Waals surface area contributed by atoms with E-state index in [-0.39, 0.29) is 0 Å². The number of nitrogens with zero attached hydrogens (tertiary/aromatic N) is 2. The highest BCUT2D eigenvalue weighted by Gasteiger charge is 2.05. The van der Waals surface area contributed by atoms with Gasteiger partial charge < -0.3 is 10.1 Å². The second-order valence-corrected chi connectivity index (χ2v) is 5.23. The van der Waals surface area contributed by atoms with Crippen LogP contribution in [0.1, 0.15) is 20.3 Å². The van der Waals surface area contributed by atoms with Gasteiger partial charge in [-0.15, -0.1) is 0 Å². The number of hydrogen-bond donors (Lipinski definition) is 1. The van der Waals surface area contributed by atoms with E-state index in [9.17, 15) is 0 Å². The van der Waals surface area contributed by atoms with Crippen molar-refractivity contribution in [3.63, 3.8) is 0 Å². The second-order valence-electron chi connectivity index (χ2n) is 4.08. The van der Waals surface area contributed by atoms with Crippen LogP contribution in [0, 0.1) is 5.92 Å². The van der Waals surface area contributed by atoms with Gasteiger partial charge in [-0.05, 0) is 28.3 Å². The summed E-state index contributed by atoms with van der Waals surface area (Å²) in [7, 11) is 0. The van der Waals surface area contributed by atoms with Crippen LogP contribution in [-0.2, 0) is 4.74 Å². The molecule has 0 bridgehead atoms. The van der Waals surface area contributed by atoms with Crippen LogP contribution < -0.4 is 5.32 Å². The van der Waals surface area contributed by atoms with Crippen molar-refractivity contribution in [1.29, 1.82) is 0 Å². The normalized spacial score (nSPS) is 10.9. The van der Waals surface area contributed by atoms with Crippen molar-refractivity contribution in [3.8, 4) is 0 Å². The molecule has 1 rings (SSSR count). The Morgan fingerprint density at radius 2 is 2.24 bits per heavy atom. The van der Waals surface area contributed by atoms with Crippen molar-refractivity contribution in [1.82, 2.24) is 9.97 Å². The summed E-state index contributed by atoms with van der Waals surface area (Å²) in [6.45, 7) is 6.63. The van der Waals surface area contributed by atoms with Gasteiger partial charge in [-0.1, -0.05) is 25.4 Å². The molecule has 17 heavy (non-hydrogen) atoms. The molecule has 96 valence electrons. The topological polar surface area (TPSA) is 47.0 Å². The van der Waals surface area contributed by atoms with Gasteiger partial charge in [0, 0.05) is 19.8 Å². The van der Waals surface area contributed by atoms with Crippen molar-refractivity contribution in [3.05, 3.63) is 16.0 Å². The minimum Gasteiger partial charge on any atom is -0.381 e. The van der Waals surface area contributed by atoms with Gasteiger partial charge in [0.2, 0.25) is 0 Å². The Morgan fingerprint density at radius 1 is 1.47 bits per heavy atom. The number of ether oxygens (including phenoxy) is 1. The first-order chi connectivity index (χ1) is 8.11. The smallest absolute Gasteiger partial charge is 0.148 e. The highest BCUT2D eigenvalue weighted by atomic mass is 79.9. The second kappa shape index (κ2) is 7.84. The molecule has 0 saturated carbocycles. The van der Waals surface area contributed by atoms with Gasteiger partial charge in [-0.2, -0.15) is 0 Å². The maximum absolute atomic E-state index is 5.85. The van der Waals surface area contributed by atoms with Crippen molar-refractivity contribution < 1.29 is 4.74 Å². The summed E-state index contributed by atoms with van der Waals surface area (Å²) in [5.41, 5.74) is 0. The van der Waals surface area contributed by atoms with E-state index >= 15 is 0 Å². The van der Waals surface area contributed by atoms with Crippen LogP contribution in [0.15, 0.2) is 10.8 Å². The van der Waals surface area contributed by atoms with E-state index in [2.05, 4.69) is 45.1 Å². The molecule has 4 nitrogen and oxygen atoms in total. The monoisotopic (exact) mass is 321 g/mol. The molecule has 0 aliphatic carbocycles. The maximum Gasteiger partial charge on any atom is 0.148 e. The molecule has 0 aliphatic rings. The van der Waals surface area contributed by atoms with E-state index in [1.165, 1.54) is 6.33 Å². The minimum atomic E-state index is 0.415. The first kappa shape index (κ1) is 14.7. The Bertz CT molecular complexity index is 349. The summed E-state index contributed by atoms with van der Waals surface area (Å²) >= 11 is 9.18. The predicted molar refractivity (Wildman–Crippen MR) is 73.5 cm³/mol. The van der Waals surface area contributed by atoms with Crippen LogP contribution in [0.25, 0.3) is 0 Å². The molecule has 0 radical (unpaired) electrons. The standard InChI is InChI=1S/C11H17BrClN3O/c1-8(2)6-17-5-3-4-14-11-9(12)10(13)15-7-16-11/h7-8H,3-6H2,1-2H3,(H,14,15,16). The third-order valence-electron chi connectivity index (χ3n) is 1.96. The lowest BCUT2D eigenvalue weighted by Crippen LogP contribution is -2.09. The quantitative estimate of drug-likeness (QED) is 0.617. The third kappa shape index (κ3) is 5.66. The Labute approximate surface area is 115 Å². The van der Waals surface area contributed by atoms with E-state index in [4.69, 9.17) is 16.3 Å². The van der Waals surface area contributed by atoms with Crippen LogP contribution in [0.3, 0.4) is 0 Å². The van der Waals surface area contributed by atoms with E-state index < -0.39 is 0 Å². The van der Waals surface area contributed by atoms with Gasteiger partial charge in [0.15, 0.2) is 0 Å². The van der Waals surface area contributed by atoms with Crippen molar-refractivity contribution in [2.45, 2.75) is 20.3 Å². The third-order valence-corrected chi connectivity index (χ3v) is 3.22. The number of rotatable bonds is 7. The summed E-state index contributed by atoms with van der Waals surface area (Å²) in [6, 6.07) is 0. The molecule has 1 aromatic rings. The lowest BCUT2D eigenvalue weighted by Gasteiger charge is -2.09. The molecule has 0 fully saturated rings. The molecule has 0 saturated heterocycles. The molecule has 0 aliphatic heterocycles. The summed E-state index contributed by atoms with van der Waals surface area (Å²) in [5, 5.41) is 3.59. The van der Waals surface area contributed by atoms with Crippen LogP contribution in [0.4, 0.5) is 5.82 Å². The zero-order valence-electron chi connectivity index (χ0n) is 10.0. The molecule has 0 spiro atoms. The molecule has 0 aromatic carbocycles. The molecule has 1 heterocycles. The maximum atomic E-state index is 5.85. The minimum absolute atomic E-state index is 0.415. The van der Waals surface area contributed by atoms with Crippen molar-refractivity contribution >= 4 is 33.3 Å². The average molecular weight is 323 g/mol. The SMILES string of the molecule is CC(C)COCCCNc1ncnc(Cl)c1Br. The number of nitrogens with one attached hydrogen (secondary N) is 1.